The van der Waals surface area contributed by atoms with Gasteiger partial charge in [-0.25, -0.2) is 0 Å². The number of hydrogen-bond acceptors (Lipinski definition) is 3. The highest BCUT2D eigenvalue weighted by molar-refractivity contribution is 5.97. The van der Waals surface area contributed by atoms with Crippen molar-refractivity contribution in [2.45, 2.75) is 31.5 Å². The van der Waals surface area contributed by atoms with Gasteiger partial charge in [0.05, 0.1) is 11.5 Å². The predicted molar refractivity (Wildman–Crippen MR) is 83.7 cm³/mol. The zero-order chi connectivity index (χ0) is 18.0. The fourth-order valence-electron chi connectivity index (χ4n) is 3.24. The summed E-state index contributed by atoms with van der Waals surface area (Å²) in [4.78, 5) is 26.2. The topological polar surface area (TPSA) is 58.6 Å². The Hall–Kier alpha value is -2.09. The van der Waals surface area contributed by atoms with E-state index in [1.54, 1.807) is 4.90 Å². The number of alkyl halides is 3. The smallest absolute Gasteiger partial charge is 0.381 e. The Labute approximate surface area is 143 Å². The van der Waals surface area contributed by atoms with Crippen LogP contribution in [0.25, 0.3) is 0 Å². The molecule has 2 aliphatic heterocycles. The lowest BCUT2D eigenvalue weighted by atomic mass is 10.1. The van der Waals surface area contributed by atoms with Gasteiger partial charge >= 0.3 is 6.18 Å². The lowest BCUT2D eigenvalue weighted by Crippen LogP contribution is -2.41. The minimum Gasteiger partial charge on any atom is -0.381 e. The van der Waals surface area contributed by atoms with Crippen molar-refractivity contribution in [1.82, 2.24) is 4.90 Å². The summed E-state index contributed by atoms with van der Waals surface area (Å²) in [7, 11) is 0. The number of ether oxygens (including phenoxy) is 1. The summed E-state index contributed by atoms with van der Waals surface area (Å²) >= 11 is 0. The fourth-order valence-corrected chi connectivity index (χ4v) is 3.24. The lowest BCUT2D eigenvalue weighted by molar-refractivity contribution is -0.137. The minimum atomic E-state index is -4.41. The van der Waals surface area contributed by atoms with Crippen molar-refractivity contribution in [3.05, 3.63) is 29.8 Å². The first kappa shape index (κ1) is 17.7. The maximum Gasteiger partial charge on any atom is 0.416 e. The van der Waals surface area contributed by atoms with E-state index in [-0.39, 0.29) is 30.0 Å². The Kier molecular flexibility index (Phi) is 4.99. The molecule has 1 aromatic rings. The molecule has 0 aromatic heterocycles. The molecule has 1 unspecified atom stereocenters. The van der Waals surface area contributed by atoms with Crippen LogP contribution in [0.4, 0.5) is 18.9 Å². The van der Waals surface area contributed by atoms with Gasteiger partial charge in [0.25, 0.3) is 0 Å². The summed E-state index contributed by atoms with van der Waals surface area (Å²) in [6, 6.07) is 4.37. The van der Waals surface area contributed by atoms with E-state index >= 15 is 0 Å². The Morgan fingerprint density at radius 2 is 1.80 bits per heavy atom. The molecular weight excluding hydrogens is 337 g/mol. The summed E-state index contributed by atoms with van der Waals surface area (Å²) < 4.78 is 42.9. The zero-order valence-electron chi connectivity index (χ0n) is 13.5. The Morgan fingerprint density at radius 3 is 2.40 bits per heavy atom. The number of anilines is 1. The van der Waals surface area contributed by atoms with Gasteiger partial charge in [0.1, 0.15) is 0 Å². The van der Waals surface area contributed by atoms with Crippen LogP contribution < -0.4 is 5.32 Å². The van der Waals surface area contributed by atoms with Gasteiger partial charge in [-0.15, -0.1) is 0 Å². The van der Waals surface area contributed by atoms with E-state index in [0.29, 0.717) is 19.8 Å². The van der Waals surface area contributed by atoms with Crippen LogP contribution in [0.3, 0.4) is 0 Å². The number of benzene rings is 1. The highest BCUT2D eigenvalue weighted by Gasteiger charge is 2.38. The number of carbonyl (C=O) groups excluding carboxylic acids is 2. The van der Waals surface area contributed by atoms with E-state index in [1.807, 2.05) is 0 Å². The molecule has 5 nitrogen and oxygen atoms in total. The van der Waals surface area contributed by atoms with Gasteiger partial charge in [0.2, 0.25) is 11.8 Å². The zero-order valence-corrected chi connectivity index (χ0v) is 13.5. The van der Waals surface area contributed by atoms with Crippen molar-refractivity contribution in [3.8, 4) is 0 Å². The first-order valence-electron chi connectivity index (χ1n) is 8.20. The minimum absolute atomic E-state index is 0.0560. The first-order chi connectivity index (χ1) is 11.8. The molecule has 2 amide bonds. The van der Waals surface area contributed by atoms with E-state index in [2.05, 4.69) is 5.32 Å². The van der Waals surface area contributed by atoms with Crippen molar-refractivity contribution in [1.29, 1.82) is 0 Å². The molecule has 0 radical (unpaired) electrons. The number of halogens is 3. The van der Waals surface area contributed by atoms with Crippen LogP contribution in [0, 0.1) is 5.92 Å². The molecule has 1 atom stereocenters. The van der Waals surface area contributed by atoms with Crippen LogP contribution in [-0.2, 0) is 20.5 Å². The number of likely N-dealkylation sites (tertiary alicyclic amines) is 1. The van der Waals surface area contributed by atoms with Gasteiger partial charge in [0, 0.05) is 37.9 Å². The molecule has 2 saturated heterocycles. The van der Waals surface area contributed by atoms with Crippen LogP contribution in [0.5, 0.6) is 0 Å². The van der Waals surface area contributed by atoms with Crippen molar-refractivity contribution in [2.24, 2.45) is 5.92 Å². The van der Waals surface area contributed by atoms with Crippen LogP contribution in [-0.4, -0.2) is 42.5 Å². The molecule has 3 rings (SSSR count). The molecule has 0 aliphatic carbocycles. The molecule has 2 heterocycles. The van der Waals surface area contributed by atoms with Gasteiger partial charge in [-0.05, 0) is 37.1 Å². The van der Waals surface area contributed by atoms with Gasteiger partial charge in [-0.1, -0.05) is 0 Å². The standard InChI is InChI=1S/C17H19F3N2O3/c18-17(19,20)12-1-3-13(4-2-12)21-16(24)11-9-15(23)22(10-11)14-5-7-25-8-6-14/h1-4,11,14H,5-10H2,(H,21,24). The highest BCUT2D eigenvalue weighted by Crippen LogP contribution is 2.30. The van der Waals surface area contributed by atoms with Crippen molar-refractivity contribution < 1.29 is 27.5 Å². The van der Waals surface area contributed by atoms with Crippen LogP contribution in [0.1, 0.15) is 24.8 Å². The molecule has 8 heteroatoms. The third-order valence-electron chi connectivity index (χ3n) is 4.64. The number of rotatable bonds is 3. The van der Waals surface area contributed by atoms with Gasteiger partial charge in [-0.2, -0.15) is 13.2 Å². The van der Waals surface area contributed by atoms with E-state index in [9.17, 15) is 22.8 Å². The predicted octanol–water partition coefficient (Wildman–Crippen LogP) is 2.67. The van der Waals surface area contributed by atoms with E-state index in [0.717, 1.165) is 25.0 Å². The summed E-state index contributed by atoms with van der Waals surface area (Å²) in [6.45, 7) is 1.56. The normalized spacial score (nSPS) is 22.3. The molecule has 1 aromatic carbocycles. The second kappa shape index (κ2) is 7.03. The van der Waals surface area contributed by atoms with Crippen molar-refractivity contribution in [2.75, 3.05) is 25.1 Å². The average molecular weight is 356 g/mol. The second-order valence-corrected chi connectivity index (χ2v) is 6.36. The maximum absolute atomic E-state index is 12.6. The summed E-state index contributed by atoms with van der Waals surface area (Å²) in [6.07, 6.45) is -2.76. The Morgan fingerprint density at radius 1 is 1.16 bits per heavy atom. The fraction of sp³-hybridized carbons (Fsp3) is 0.529. The van der Waals surface area contributed by atoms with Crippen molar-refractivity contribution in [3.63, 3.8) is 0 Å². The Bertz CT molecular complexity index is 640. The molecule has 136 valence electrons. The van der Waals surface area contributed by atoms with Crippen LogP contribution in [0.15, 0.2) is 24.3 Å². The molecule has 0 bridgehead atoms. The number of nitrogens with one attached hydrogen (secondary N) is 1. The maximum atomic E-state index is 12.6. The van der Waals surface area contributed by atoms with Crippen molar-refractivity contribution >= 4 is 17.5 Å². The number of carbonyl (C=O) groups is 2. The largest absolute Gasteiger partial charge is 0.416 e. The summed E-state index contributed by atoms with van der Waals surface area (Å²) in [5, 5.41) is 2.60. The molecule has 0 saturated carbocycles. The monoisotopic (exact) mass is 356 g/mol. The second-order valence-electron chi connectivity index (χ2n) is 6.36. The van der Waals surface area contributed by atoms with E-state index in [1.165, 1.54) is 12.1 Å². The number of hydrogen-bond donors (Lipinski definition) is 1. The molecular formula is C17H19F3N2O3. The van der Waals surface area contributed by atoms with Gasteiger partial charge in [-0.3, -0.25) is 9.59 Å². The summed E-state index contributed by atoms with van der Waals surface area (Å²) in [5.41, 5.74) is -0.484. The Balaban J connectivity index is 1.59. The van der Waals surface area contributed by atoms with Crippen LogP contribution >= 0.6 is 0 Å². The number of nitrogens with zero attached hydrogens (tertiary/aromatic N) is 1. The third-order valence-corrected chi connectivity index (χ3v) is 4.64. The molecule has 25 heavy (non-hydrogen) atoms. The molecule has 1 N–H and O–H groups in total. The molecule has 2 aliphatic rings. The SMILES string of the molecule is O=C(Nc1ccc(C(F)(F)F)cc1)C1CC(=O)N(C2CCOCC2)C1. The van der Waals surface area contributed by atoms with E-state index in [4.69, 9.17) is 4.74 Å². The molecule has 0 spiro atoms. The molecule has 2 fully saturated rings. The summed E-state index contributed by atoms with van der Waals surface area (Å²) in [5.74, 6) is -0.889. The first-order valence-corrected chi connectivity index (χ1v) is 8.20. The number of amides is 2. The van der Waals surface area contributed by atoms with E-state index < -0.39 is 17.7 Å². The van der Waals surface area contributed by atoms with Gasteiger partial charge < -0.3 is 15.0 Å². The quantitative estimate of drug-likeness (QED) is 0.906. The van der Waals surface area contributed by atoms with Gasteiger partial charge in [0.15, 0.2) is 0 Å². The lowest BCUT2D eigenvalue weighted by Gasteiger charge is -2.31. The third kappa shape index (κ3) is 4.12. The highest BCUT2D eigenvalue weighted by atomic mass is 19.4. The average Bonchev–Trinajstić information content (AvgIpc) is 2.97. The van der Waals surface area contributed by atoms with Crippen LogP contribution in [0.2, 0.25) is 0 Å².